The van der Waals surface area contributed by atoms with Crippen molar-refractivity contribution in [2.75, 3.05) is 13.2 Å². The molecule has 1 aliphatic heterocycles. The van der Waals surface area contributed by atoms with Crippen molar-refractivity contribution in [3.63, 3.8) is 0 Å². The normalized spacial score (nSPS) is 26.0. The second-order valence-electron chi connectivity index (χ2n) is 9.25. The minimum absolute atomic E-state index is 0.273. The van der Waals surface area contributed by atoms with Crippen LogP contribution in [-0.2, 0) is 14.3 Å². The van der Waals surface area contributed by atoms with Crippen LogP contribution in [0.3, 0.4) is 0 Å². The van der Waals surface area contributed by atoms with Crippen LogP contribution in [0, 0.1) is 11.8 Å². The lowest BCUT2D eigenvalue weighted by atomic mass is 9.81. The fraction of sp³-hybridized carbons (Fsp3) is 0.957. The van der Waals surface area contributed by atoms with Crippen LogP contribution >= 0.6 is 0 Å². The molecule has 1 saturated carbocycles. The highest BCUT2D eigenvalue weighted by molar-refractivity contribution is 5.66. The molecule has 1 spiro atoms. The zero-order chi connectivity index (χ0) is 20.5. The fourth-order valence-electron chi connectivity index (χ4n) is 5.13. The molecule has 2 N–H and O–H groups in total. The van der Waals surface area contributed by atoms with Crippen LogP contribution < -0.4 is 0 Å². The van der Waals surface area contributed by atoms with Crippen LogP contribution in [0.5, 0.6) is 0 Å². The van der Waals surface area contributed by atoms with Gasteiger partial charge in [0.05, 0.1) is 18.8 Å². The number of carboxylic acid groups (broad SMARTS) is 1. The standard InChI is InChI=1S/C23H42O5/c1-3-4-9-14-22(2,26)15-12-19-13-16-23(27-17-18-28-23)20(19)10-7-5-6-8-11-21(24)25/h19-20,26H,3-18H2,1-2H3,(H,24,25)/t19-,20+,22?/m0/s1. The first-order valence-corrected chi connectivity index (χ1v) is 11.6. The number of aliphatic carboxylic acids is 1. The van der Waals surface area contributed by atoms with Crippen LogP contribution in [0.25, 0.3) is 0 Å². The van der Waals surface area contributed by atoms with Gasteiger partial charge in [-0.15, -0.1) is 0 Å². The summed E-state index contributed by atoms with van der Waals surface area (Å²) < 4.78 is 12.2. The summed E-state index contributed by atoms with van der Waals surface area (Å²) in [6.45, 7) is 5.57. The van der Waals surface area contributed by atoms with Crippen molar-refractivity contribution in [2.24, 2.45) is 11.8 Å². The van der Waals surface area contributed by atoms with Crippen molar-refractivity contribution >= 4 is 5.97 Å². The number of unbranched alkanes of at least 4 members (excludes halogenated alkanes) is 5. The Balaban J connectivity index is 1.81. The predicted octanol–water partition coefficient (Wildman–Crippen LogP) is 5.29. The number of hydrogen-bond donors (Lipinski definition) is 2. The number of hydrogen-bond acceptors (Lipinski definition) is 4. The molecule has 0 radical (unpaired) electrons. The lowest BCUT2D eigenvalue weighted by Gasteiger charge is -2.33. The van der Waals surface area contributed by atoms with Crippen molar-refractivity contribution in [1.82, 2.24) is 0 Å². The Bertz CT molecular complexity index is 456. The van der Waals surface area contributed by atoms with Gasteiger partial charge in [0.2, 0.25) is 0 Å². The molecule has 3 atom stereocenters. The monoisotopic (exact) mass is 398 g/mol. The maximum Gasteiger partial charge on any atom is 0.303 e. The third kappa shape index (κ3) is 7.31. The highest BCUT2D eigenvalue weighted by atomic mass is 16.7. The molecule has 2 fully saturated rings. The average molecular weight is 399 g/mol. The van der Waals surface area contributed by atoms with Gasteiger partial charge in [-0.1, -0.05) is 45.4 Å². The SMILES string of the molecule is CCCCCC(C)(O)CC[C@H]1CCC2(OCCO2)[C@@H]1CCCCCCC(=O)O. The number of rotatable bonds is 14. The zero-order valence-electron chi connectivity index (χ0n) is 18.1. The van der Waals surface area contributed by atoms with Gasteiger partial charge in [0.25, 0.3) is 0 Å². The molecule has 0 aromatic rings. The lowest BCUT2D eigenvalue weighted by Crippen LogP contribution is -2.37. The summed E-state index contributed by atoms with van der Waals surface area (Å²) in [5, 5.41) is 19.5. The topological polar surface area (TPSA) is 76.0 Å². The molecule has 1 aliphatic carbocycles. The van der Waals surface area contributed by atoms with E-state index in [0.717, 1.165) is 70.6 Å². The molecule has 0 bridgehead atoms. The van der Waals surface area contributed by atoms with E-state index in [2.05, 4.69) is 6.92 Å². The Hall–Kier alpha value is -0.650. The quantitative estimate of drug-likeness (QED) is 0.389. The first-order valence-electron chi connectivity index (χ1n) is 11.6. The predicted molar refractivity (Wildman–Crippen MR) is 110 cm³/mol. The van der Waals surface area contributed by atoms with Crippen molar-refractivity contribution in [3.05, 3.63) is 0 Å². The molecule has 164 valence electrons. The highest BCUT2D eigenvalue weighted by Gasteiger charge is 2.52. The van der Waals surface area contributed by atoms with E-state index in [1.807, 2.05) is 6.92 Å². The van der Waals surface area contributed by atoms with Crippen LogP contribution in [0.2, 0.25) is 0 Å². The summed E-state index contributed by atoms with van der Waals surface area (Å²) in [7, 11) is 0. The zero-order valence-corrected chi connectivity index (χ0v) is 18.1. The van der Waals surface area contributed by atoms with E-state index in [1.54, 1.807) is 0 Å². The summed E-state index contributed by atoms with van der Waals surface area (Å²) in [6.07, 6.45) is 13.6. The summed E-state index contributed by atoms with van der Waals surface area (Å²) in [5.74, 6) is -0.135. The molecule has 5 nitrogen and oxygen atoms in total. The lowest BCUT2D eigenvalue weighted by molar-refractivity contribution is -0.188. The van der Waals surface area contributed by atoms with E-state index in [1.165, 1.54) is 12.8 Å². The second kappa shape index (κ2) is 11.5. The first kappa shape index (κ1) is 23.6. The smallest absolute Gasteiger partial charge is 0.303 e. The van der Waals surface area contributed by atoms with Gasteiger partial charge in [0, 0.05) is 18.8 Å². The van der Waals surface area contributed by atoms with Crippen molar-refractivity contribution < 1.29 is 24.5 Å². The number of aliphatic hydroxyl groups is 1. The van der Waals surface area contributed by atoms with Crippen molar-refractivity contribution in [1.29, 1.82) is 0 Å². The summed E-state index contributed by atoms with van der Waals surface area (Å²) in [5.41, 5.74) is -0.566. The van der Waals surface area contributed by atoms with E-state index in [9.17, 15) is 9.90 Å². The highest BCUT2D eigenvalue weighted by Crippen LogP contribution is 2.50. The molecule has 0 amide bonds. The van der Waals surface area contributed by atoms with E-state index in [4.69, 9.17) is 14.6 Å². The van der Waals surface area contributed by atoms with Gasteiger partial charge in [0.15, 0.2) is 5.79 Å². The summed E-state index contributed by atoms with van der Waals surface area (Å²) >= 11 is 0. The summed E-state index contributed by atoms with van der Waals surface area (Å²) in [4.78, 5) is 10.6. The van der Waals surface area contributed by atoms with Crippen LogP contribution in [-0.4, -0.2) is 40.8 Å². The molecule has 1 heterocycles. The fourth-order valence-corrected chi connectivity index (χ4v) is 5.13. The molecule has 5 heteroatoms. The molecule has 1 unspecified atom stereocenters. The second-order valence-corrected chi connectivity index (χ2v) is 9.25. The van der Waals surface area contributed by atoms with Gasteiger partial charge in [-0.25, -0.2) is 0 Å². The van der Waals surface area contributed by atoms with E-state index >= 15 is 0 Å². The Labute approximate surface area is 171 Å². The van der Waals surface area contributed by atoms with E-state index in [-0.39, 0.29) is 12.2 Å². The maximum atomic E-state index is 10.8. The van der Waals surface area contributed by atoms with Crippen LogP contribution in [0.1, 0.15) is 104 Å². The molecular weight excluding hydrogens is 356 g/mol. The van der Waals surface area contributed by atoms with Crippen LogP contribution in [0.4, 0.5) is 0 Å². The number of ether oxygens (including phenoxy) is 2. The van der Waals surface area contributed by atoms with E-state index in [0.29, 0.717) is 25.0 Å². The molecule has 28 heavy (non-hydrogen) atoms. The Morgan fingerprint density at radius 2 is 1.75 bits per heavy atom. The minimum atomic E-state index is -0.700. The first-order chi connectivity index (χ1) is 13.4. The molecule has 0 aromatic heterocycles. The molecular formula is C23H42O5. The van der Waals surface area contributed by atoms with Gasteiger partial charge in [0.1, 0.15) is 0 Å². The largest absolute Gasteiger partial charge is 0.481 e. The Morgan fingerprint density at radius 1 is 1.04 bits per heavy atom. The van der Waals surface area contributed by atoms with Gasteiger partial charge < -0.3 is 19.7 Å². The van der Waals surface area contributed by atoms with Gasteiger partial charge in [-0.2, -0.15) is 0 Å². The molecule has 2 aliphatic rings. The molecule has 2 rings (SSSR count). The third-order valence-corrected chi connectivity index (χ3v) is 6.80. The van der Waals surface area contributed by atoms with E-state index < -0.39 is 11.6 Å². The Morgan fingerprint density at radius 3 is 2.43 bits per heavy atom. The number of carbonyl (C=O) groups is 1. The van der Waals surface area contributed by atoms with Crippen molar-refractivity contribution in [2.45, 2.75) is 115 Å². The third-order valence-electron chi connectivity index (χ3n) is 6.80. The maximum absolute atomic E-state index is 10.8. The van der Waals surface area contributed by atoms with Gasteiger partial charge >= 0.3 is 5.97 Å². The molecule has 0 aromatic carbocycles. The Kier molecular flexibility index (Phi) is 9.72. The van der Waals surface area contributed by atoms with Crippen molar-refractivity contribution in [3.8, 4) is 0 Å². The average Bonchev–Trinajstić information content (AvgIpc) is 3.24. The minimum Gasteiger partial charge on any atom is -0.481 e. The number of carboxylic acids is 1. The summed E-state index contributed by atoms with van der Waals surface area (Å²) in [6, 6.07) is 0. The van der Waals surface area contributed by atoms with Gasteiger partial charge in [-0.05, 0) is 51.4 Å². The molecule has 1 saturated heterocycles. The van der Waals surface area contributed by atoms with Gasteiger partial charge in [-0.3, -0.25) is 4.79 Å². The van der Waals surface area contributed by atoms with Crippen LogP contribution in [0.15, 0.2) is 0 Å².